The van der Waals surface area contributed by atoms with Crippen molar-refractivity contribution < 1.29 is 15.0 Å². The molecule has 0 amide bonds. The summed E-state index contributed by atoms with van der Waals surface area (Å²) in [5, 5.41) is 17.1. The highest BCUT2D eigenvalue weighted by Gasteiger charge is 2.12. The van der Waals surface area contributed by atoms with E-state index >= 15 is 0 Å². The molecule has 0 bridgehead atoms. The van der Waals surface area contributed by atoms with E-state index in [4.69, 9.17) is 15.9 Å². The third kappa shape index (κ3) is 3.89. The number of nitrogens with two attached hydrogens (primary N) is 1. The Hall–Kier alpha value is -3.48. The van der Waals surface area contributed by atoms with Crippen LogP contribution in [0.25, 0.3) is 5.69 Å². The van der Waals surface area contributed by atoms with Crippen molar-refractivity contribution in [3.05, 3.63) is 76.2 Å². The highest BCUT2D eigenvalue weighted by atomic mass is 16.4. The number of carboxylic acids is 1. The SMILES string of the molecule is Cc1c(N)c(=O)n(-c2ccccc2)n1C.O=C(O)c1ccc(O)cc1. The number of nitrogen functional groups attached to an aromatic ring is 1. The number of aromatic hydroxyl groups is 1. The van der Waals surface area contributed by atoms with Crippen LogP contribution in [-0.4, -0.2) is 25.5 Å². The fraction of sp³-hybridized carbons (Fsp3) is 0.111. The van der Waals surface area contributed by atoms with Crippen LogP contribution >= 0.6 is 0 Å². The molecule has 0 aliphatic rings. The number of aromatic nitrogens is 2. The normalized spacial score (nSPS) is 10.0. The third-order valence-corrected chi connectivity index (χ3v) is 3.71. The van der Waals surface area contributed by atoms with Crippen LogP contribution in [0.3, 0.4) is 0 Å². The first-order chi connectivity index (χ1) is 11.8. The second-order valence-electron chi connectivity index (χ2n) is 5.33. The Morgan fingerprint density at radius 3 is 2.04 bits per heavy atom. The van der Waals surface area contributed by atoms with Gasteiger partial charge < -0.3 is 15.9 Å². The maximum Gasteiger partial charge on any atom is 0.335 e. The molecular formula is C18H19N3O4. The van der Waals surface area contributed by atoms with E-state index in [2.05, 4.69) is 0 Å². The lowest BCUT2D eigenvalue weighted by Crippen LogP contribution is -2.20. The molecular weight excluding hydrogens is 322 g/mol. The first kappa shape index (κ1) is 17.9. The van der Waals surface area contributed by atoms with E-state index in [-0.39, 0.29) is 16.9 Å². The van der Waals surface area contributed by atoms with Gasteiger partial charge in [0.1, 0.15) is 11.4 Å². The number of para-hydroxylation sites is 1. The second-order valence-corrected chi connectivity index (χ2v) is 5.33. The number of carbonyl (C=O) groups is 1. The molecule has 3 rings (SSSR count). The molecule has 0 saturated carbocycles. The molecule has 0 atom stereocenters. The summed E-state index contributed by atoms with van der Waals surface area (Å²) in [6.07, 6.45) is 0. The molecule has 0 radical (unpaired) electrons. The summed E-state index contributed by atoms with van der Waals surface area (Å²) in [7, 11) is 1.82. The summed E-state index contributed by atoms with van der Waals surface area (Å²) in [6, 6.07) is 14.8. The summed E-state index contributed by atoms with van der Waals surface area (Å²) >= 11 is 0. The van der Waals surface area contributed by atoms with E-state index in [1.807, 2.05) is 44.3 Å². The molecule has 130 valence electrons. The van der Waals surface area contributed by atoms with Gasteiger partial charge in [-0.1, -0.05) is 18.2 Å². The molecule has 0 spiro atoms. The summed E-state index contributed by atoms with van der Waals surface area (Å²) in [4.78, 5) is 22.1. The molecule has 0 fully saturated rings. The second kappa shape index (κ2) is 7.39. The van der Waals surface area contributed by atoms with Crippen molar-refractivity contribution in [2.75, 3.05) is 5.73 Å². The minimum atomic E-state index is -0.986. The zero-order valence-corrected chi connectivity index (χ0v) is 13.9. The van der Waals surface area contributed by atoms with E-state index in [1.54, 1.807) is 9.36 Å². The van der Waals surface area contributed by atoms with Crippen molar-refractivity contribution in [3.8, 4) is 11.4 Å². The number of phenolic OH excluding ortho intramolecular Hbond substituents is 1. The van der Waals surface area contributed by atoms with Gasteiger partial charge in [0.15, 0.2) is 0 Å². The van der Waals surface area contributed by atoms with Gasteiger partial charge in [-0.2, -0.15) is 0 Å². The van der Waals surface area contributed by atoms with E-state index in [0.717, 1.165) is 11.4 Å². The lowest BCUT2D eigenvalue weighted by molar-refractivity contribution is 0.0697. The van der Waals surface area contributed by atoms with Crippen LogP contribution in [0.5, 0.6) is 5.75 Å². The van der Waals surface area contributed by atoms with E-state index in [9.17, 15) is 9.59 Å². The van der Waals surface area contributed by atoms with Gasteiger partial charge in [-0.3, -0.25) is 9.48 Å². The molecule has 0 saturated heterocycles. The van der Waals surface area contributed by atoms with Crippen LogP contribution in [0.4, 0.5) is 5.69 Å². The van der Waals surface area contributed by atoms with E-state index < -0.39 is 5.97 Å². The quantitative estimate of drug-likeness (QED) is 0.661. The van der Waals surface area contributed by atoms with Crippen LogP contribution in [0, 0.1) is 6.92 Å². The van der Waals surface area contributed by atoms with Crippen molar-refractivity contribution >= 4 is 11.7 Å². The molecule has 7 nitrogen and oxygen atoms in total. The Labute approximate surface area is 144 Å². The maximum absolute atomic E-state index is 11.8. The smallest absolute Gasteiger partial charge is 0.335 e. The molecule has 2 aromatic carbocycles. The number of hydrogen-bond acceptors (Lipinski definition) is 4. The molecule has 7 heteroatoms. The van der Waals surface area contributed by atoms with Crippen molar-refractivity contribution in [3.63, 3.8) is 0 Å². The van der Waals surface area contributed by atoms with Crippen molar-refractivity contribution in [1.82, 2.24) is 9.36 Å². The molecule has 0 aliphatic carbocycles. The first-order valence-electron chi connectivity index (χ1n) is 7.44. The van der Waals surface area contributed by atoms with Crippen molar-refractivity contribution in [2.45, 2.75) is 6.92 Å². The number of phenols is 1. The van der Waals surface area contributed by atoms with Gasteiger partial charge in [-0.05, 0) is 43.3 Å². The summed E-state index contributed by atoms with van der Waals surface area (Å²) in [5.41, 5.74) is 7.61. The average Bonchev–Trinajstić information content (AvgIpc) is 2.80. The van der Waals surface area contributed by atoms with Gasteiger partial charge in [0.25, 0.3) is 5.56 Å². The van der Waals surface area contributed by atoms with Crippen molar-refractivity contribution in [1.29, 1.82) is 0 Å². The van der Waals surface area contributed by atoms with Gasteiger partial charge in [0, 0.05) is 7.05 Å². The predicted octanol–water partition coefficient (Wildman–Crippen LogP) is 2.16. The molecule has 1 heterocycles. The molecule has 4 N–H and O–H groups in total. The van der Waals surface area contributed by atoms with E-state index in [1.165, 1.54) is 24.3 Å². The topological polar surface area (TPSA) is 110 Å². The van der Waals surface area contributed by atoms with Crippen LogP contribution in [0.2, 0.25) is 0 Å². The Kier molecular flexibility index (Phi) is 5.28. The fourth-order valence-corrected chi connectivity index (χ4v) is 2.19. The predicted molar refractivity (Wildman–Crippen MR) is 95.2 cm³/mol. The van der Waals surface area contributed by atoms with E-state index in [0.29, 0.717) is 5.69 Å². The lowest BCUT2D eigenvalue weighted by Gasteiger charge is -2.07. The molecule has 0 aliphatic heterocycles. The largest absolute Gasteiger partial charge is 0.508 e. The van der Waals surface area contributed by atoms with Crippen LogP contribution in [-0.2, 0) is 7.05 Å². The zero-order valence-electron chi connectivity index (χ0n) is 13.9. The highest BCUT2D eigenvalue weighted by molar-refractivity contribution is 5.87. The zero-order chi connectivity index (χ0) is 18.6. The maximum atomic E-state index is 11.8. The van der Waals surface area contributed by atoms with Gasteiger partial charge in [-0.25, -0.2) is 9.48 Å². The van der Waals surface area contributed by atoms with Gasteiger partial charge >= 0.3 is 5.97 Å². The molecule has 1 aromatic heterocycles. The van der Waals surface area contributed by atoms with Crippen LogP contribution in [0.15, 0.2) is 59.4 Å². The number of nitrogens with zero attached hydrogens (tertiary/aromatic N) is 2. The number of aromatic carboxylic acids is 1. The van der Waals surface area contributed by atoms with Crippen LogP contribution in [0.1, 0.15) is 16.1 Å². The Morgan fingerprint density at radius 2 is 1.60 bits per heavy atom. The Morgan fingerprint density at radius 1 is 1.04 bits per heavy atom. The average molecular weight is 341 g/mol. The van der Waals surface area contributed by atoms with Gasteiger partial charge in [0.05, 0.1) is 16.9 Å². The molecule has 0 unspecified atom stereocenters. The van der Waals surface area contributed by atoms with Gasteiger partial charge in [0.2, 0.25) is 0 Å². The third-order valence-electron chi connectivity index (χ3n) is 3.71. The minimum absolute atomic E-state index is 0.0741. The van der Waals surface area contributed by atoms with Crippen LogP contribution < -0.4 is 11.3 Å². The fourth-order valence-electron chi connectivity index (χ4n) is 2.19. The lowest BCUT2D eigenvalue weighted by atomic mass is 10.2. The number of benzene rings is 2. The standard InChI is InChI=1S/C11H13N3O.C7H6O3/c1-8-10(12)11(15)14(13(8)2)9-6-4-3-5-7-9;8-6-3-1-5(2-4-6)7(9)10/h3-7H,12H2,1-2H3;1-4,8H,(H,9,10). The number of carboxylic acid groups (broad SMARTS) is 1. The number of rotatable bonds is 2. The Bertz CT molecular complexity index is 925. The van der Waals surface area contributed by atoms with Crippen molar-refractivity contribution in [2.24, 2.45) is 7.05 Å². The minimum Gasteiger partial charge on any atom is -0.508 e. The first-order valence-corrected chi connectivity index (χ1v) is 7.44. The highest BCUT2D eigenvalue weighted by Crippen LogP contribution is 2.10. The molecule has 3 aromatic rings. The number of anilines is 1. The summed E-state index contributed by atoms with van der Waals surface area (Å²) < 4.78 is 3.32. The Balaban J connectivity index is 0.000000196. The number of hydrogen-bond donors (Lipinski definition) is 3. The van der Waals surface area contributed by atoms with Gasteiger partial charge in [-0.15, -0.1) is 0 Å². The molecule has 25 heavy (non-hydrogen) atoms. The summed E-state index contributed by atoms with van der Waals surface area (Å²) in [6.45, 7) is 1.83. The monoisotopic (exact) mass is 341 g/mol. The summed E-state index contributed by atoms with van der Waals surface area (Å²) in [5.74, 6) is -0.912.